The van der Waals surface area contributed by atoms with Crippen LogP contribution in [0.4, 0.5) is 0 Å². The fourth-order valence-electron chi connectivity index (χ4n) is 3.39. The highest BCUT2D eigenvalue weighted by Gasteiger charge is 2.26. The largest absolute Gasteiger partial charge is 0.470 e. The Hall–Kier alpha value is -3.73. The Morgan fingerprint density at radius 2 is 2.03 bits per heavy atom. The van der Waals surface area contributed by atoms with E-state index in [4.69, 9.17) is 10.00 Å². The molecule has 0 spiro atoms. The molecule has 1 aromatic carbocycles. The first kappa shape index (κ1) is 18.6. The SMILES string of the molecule is N#Cc1nccnc1OC1CCCN(C(=O)c2ccc(Cn3ccnc3)cc2)C1. The zero-order chi connectivity index (χ0) is 20.1. The molecular weight excluding hydrogens is 368 g/mol. The molecule has 1 saturated heterocycles. The average Bonchev–Trinajstić information content (AvgIpc) is 3.27. The number of rotatable bonds is 5. The van der Waals surface area contributed by atoms with E-state index in [1.54, 1.807) is 17.4 Å². The van der Waals surface area contributed by atoms with Crippen LogP contribution in [0.5, 0.6) is 5.88 Å². The maximum absolute atomic E-state index is 12.9. The van der Waals surface area contributed by atoms with Gasteiger partial charge in [-0.25, -0.2) is 15.0 Å². The van der Waals surface area contributed by atoms with E-state index in [9.17, 15) is 4.79 Å². The van der Waals surface area contributed by atoms with Crippen molar-refractivity contribution in [2.75, 3.05) is 13.1 Å². The van der Waals surface area contributed by atoms with Crippen LogP contribution in [-0.4, -0.2) is 49.5 Å². The van der Waals surface area contributed by atoms with Crippen molar-refractivity contribution in [3.05, 3.63) is 72.2 Å². The number of hydrogen-bond donors (Lipinski definition) is 0. The number of nitrogens with zero attached hydrogens (tertiary/aromatic N) is 6. The molecule has 29 heavy (non-hydrogen) atoms. The predicted octanol–water partition coefficient (Wildman–Crippen LogP) is 2.28. The zero-order valence-corrected chi connectivity index (χ0v) is 15.8. The van der Waals surface area contributed by atoms with E-state index in [1.807, 2.05) is 41.1 Å². The third-order valence-electron chi connectivity index (χ3n) is 4.84. The molecule has 0 bridgehead atoms. The van der Waals surface area contributed by atoms with E-state index in [0.717, 1.165) is 18.4 Å². The summed E-state index contributed by atoms with van der Waals surface area (Å²) in [5.74, 6) is 0.199. The van der Waals surface area contributed by atoms with Gasteiger partial charge in [0.05, 0.1) is 12.9 Å². The van der Waals surface area contributed by atoms with Crippen molar-refractivity contribution >= 4 is 5.91 Å². The molecular formula is C21H20N6O2. The number of carbonyl (C=O) groups is 1. The van der Waals surface area contributed by atoms with Gasteiger partial charge in [-0.05, 0) is 30.5 Å². The summed E-state index contributed by atoms with van der Waals surface area (Å²) >= 11 is 0. The molecule has 3 aromatic rings. The van der Waals surface area contributed by atoms with E-state index >= 15 is 0 Å². The number of carbonyl (C=O) groups excluding carboxylic acids is 1. The maximum Gasteiger partial charge on any atom is 0.253 e. The maximum atomic E-state index is 12.9. The molecule has 0 N–H and O–H groups in total. The molecule has 1 amide bonds. The van der Waals surface area contributed by atoms with E-state index in [2.05, 4.69) is 15.0 Å². The van der Waals surface area contributed by atoms with Crippen molar-refractivity contribution in [2.24, 2.45) is 0 Å². The Bertz CT molecular complexity index is 1010. The lowest BCUT2D eigenvalue weighted by Gasteiger charge is -2.32. The van der Waals surface area contributed by atoms with Gasteiger partial charge in [0, 0.05) is 43.4 Å². The molecule has 1 atom stereocenters. The van der Waals surface area contributed by atoms with E-state index in [-0.39, 0.29) is 23.6 Å². The van der Waals surface area contributed by atoms with Crippen molar-refractivity contribution in [3.8, 4) is 11.9 Å². The summed E-state index contributed by atoms with van der Waals surface area (Å²) in [6.45, 7) is 1.85. The average molecular weight is 388 g/mol. The van der Waals surface area contributed by atoms with Crippen LogP contribution < -0.4 is 4.74 Å². The summed E-state index contributed by atoms with van der Waals surface area (Å²) < 4.78 is 7.85. The standard InChI is InChI=1S/C21H20N6O2/c22-12-19-20(25-8-7-24-19)29-18-2-1-10-27(14-18)21(28)17-5-3-16(4-6-17)13-26-11-9-23-15-26/h3-9,11,15,18H,1-2,10,13-14H2. The molecule has 8 heteroatoms. The summed E-state index contributed by atoms with van der Waals surface area (Å²) in [5.41, 5.74) is 1.91. The molecule has 8 nitrogen and oxygen atoms in total. The van der Waals surface area contributed by atoms with Crippen LogP contribution in [-0.2, 0) is 6.54 Å². The van der Waals surface area contributed by atoms with Crippen molar-refractivity contribution in [1.82, 2.24) is 24.4 Å². The zero-order valence-electron chi connectivity index (χ0n) is 15.8. The van der Waals surface area contributed by atoms with Gasteiger partial charge in [-0.3, -0.25) is 4.79 Å². The summed E-state index contributed by atoms with van der Waals surface area (Å²) in [4.78, 5) is 26.8. The van der Waals surface area contributed by atoms with Gasteiger partial charge >= 0.3 is 0 Å². The van der Waals surface area contributed by atoms with Crippen LogP contribution in [0, 0.1) is 11.3 Å². The van der Waals surface area contributed by atoms with Gasteiger partial charge in [0.2, 0.25) is 5.69 Å². The topological polar surface area (TPSA) is 96.9 Å². The fourth-order valence-corrected chi connectivity index (χ4v) is 3.39. The van der Waals surface area contributed by atoms with Gasteiger partial charge < -0.3 is 14.2 Å². The lowest BCUT2D eigenvalue weighted by molar-refractivity contribution is 0.0526. The Labute approximate surface area is 168 Å². The number of amides is 1. The Morgan fingerprint density at radius 1 is 1.21 bits per heavy atom. The lowest BCUT2D eigenvalue weighted by Crippen LogP contribution is -2.44. The van der Waals surface area contributed by atoms with Crippen LogP contribution in [0.15, 0.2) is 55.4 Å². The molecule has 1 fully saturated rings. The first-order valence-electron chi connectivity index (χ1n) is 9.44. The number of imidazole rings is 1. The predicted molar refractivity (Wildman–Crippen MR) is 104 cm³/mol. The first-order chi connectivity index (χ1) is 14.2. The Kier molecular flexibility index (Phi) is 5.47. The number of ether oxygens (including phenoxy) is 1. The first-order valence-corrected chi connectivity index (χ1v) is 9.44. The van der Waals surface area contributed by atoms with Crippen molar-refractivity contribution in [2.45, 2.75) is 25.5 Å². The second kappa shape index (κ2) is 8.52. The third kappa shape index (κ3) is 4.41. The Morgan fingerprint density at radius 3 is 2.79 bits per heavy atom. The van der Waals surface area contributed by atoms with Crippen LogP contribution in [0.1, 0.15) is 34.5 Å². The minimum Gasteiger partial charge on any atom is -0.470 e. The third-order valence-corrected chi connectivity index (χ3v) is 4.84. The van der Waals surface area contributed by atoms with Crippen molar-refractivity contribution < 1.29 is 9.53 Å². The smallest absolute Gasteiger partial charge is 0.253 e. The molecule has 3 heterocycles. The van der Waals surface area contributed by atoms with Gasteiger partial charge in [-0.1, -0.05) is 12.1 Å². The highest BCUT2D eigenvalue weighted by atomic mass is 16.5. The van der Waals surface area contributed by atoms with Gasteiger partial charge in [-0.15, -0.1) is 0 Å². The van der Waals surface area contributed by atoms with Gasteiger partial charge in [0.1, 0.15) is 12.2 Å². The lowest BCUT2D eigenvalue weighted by atomic mass is 10.1. The van der Waals surface area contributed by atoms with Gasteiger partial charge in [-0.2, -0.15) is 5.26 Å². The summed E-state index contributed by atoms with van der Waals surface area (Å²) in [6.07, 6.45) is 9.78. The number of benzene rings is 1. The highest BCUT2D eigenvalue weighted by Crippen LogP contribution is 2.20. The van der Waals surface area contributed by atoms with Crippen LogP contribution in [0.2, 0.25) is 0 Å². The summed E-state index contributed by atoms with van der Waals surface area (Å²) in [6, 6.07) is 9.62. The number of nitriles is 1. The molecule has 4 rings (SSSR count). The van der Waals surface area contributed by atoms with E-state index in [1.165, 1.54) is 12.4 Å². The molecule has 146 valence electrons. The molecule has 1 aliphatic heterocycles. The number of piperidine rings is 1. The van der Waals surface area contributed by atoms with Crippen LogP contribution >= 0.6 is 0 Å². The normalized spacial score (nSPS) is 16.2. The van der Waals surface area contributed by atoms with E-state index in [0.29, 0.717) is 25.2 Å². The van der Waals surface area contributed by atoms with E-state index < -0.39 is 0 Å². The number of hydrogen-bond acceptors (Lipinski definition) is 6. The quantitative estimate of drug-likeness (QED) is 0.665. The monoisotopic (exact) mass is 388 g/mol. The van der Waals surface area contributed by atoms with Gasteiger partial charge in [0.15, 0.2) is 0 Å². The van der Waals surface area contributed by atoms with Crippen LogP contribution in [0.25, 0.3) is 0 Å². The molecule has 0 radical (unpaired) electrons. The molecule has 0 aliphatic carbocycles. The van der Waals surface area contributed by atoms with Gasteiger partial charge in [0.25, 0.3) is 11.8 Å². The molecule has 0 saturated carbocycles. The molecule has 2 aromatic heterocycles. The summed E-state index contributed by atoms with van der Waals surface area (Å²) in [7, 11) is 0. The van der Waals surface area contributed by atoms with Crippen molar-refractivity contribution in [1.29, 1.82) is 5.26 Å². The number of likely N-dealkylation sites (tertiary alicyclic amines) is 1. The second-order valence-corrected chi connectivity index (χ2v) is 6.89. The number of aromatic nitrogens is 4. The minimum atomic E-state index is -0.211. The summed E-state index contributed by atoms with van der Waals surface area (Å²) in [5, 5.41) is 9.14. The molecule has 1 unspecified atom stereocenters. The Balaban J connectivity index is 1.40. The molecule has 1 aliphatic rings. The van der Waals surface area contributed by atoms with Crippen molar-refractivity contribution in [3.63, 3.8) is 0 Å². The fraction of sp³-hybridized carbons (Fsp3) is 0.286. The highest BCUT2D eigenvalue weighted by molar-refractivity contribution is 5.94. The second-order valence-electron chi connectivity index (χ2n) is 6.89. The van der Waals surface area contributed by atoms with Crippen LogP contribution in [0.3, 0.4) is 0 Å². The minimum absolute atomic E-state index is 0.0212.